The van der Waals surface area contributed by atoms with Crippen LogP contribution in [-0.4, -0.2) is 49.1 Å². The van der Waals surface area contributed by atoms with Gasteiger partial charge in [-0.15, -0.1) is 6.58 Å². The molecule has 0 aromatic heterocycles. The third kappa shape index (κ3) is 5.51. The topological polar surface area (TPSA) is 127 Å². The van der Waals surface area contributed by atoms with Crippen molar-refractivity contribution in [2.45, 2.75) is 62.7 Å². The van der Waals surface area contributed by atoms with Crippen LogP contribution >= 0.6 is 0 Å². The van der Waals surface area contributed by atoms with Gasteiger partial charge in [-0.25, -0.2) is 0 Å². The molecule has 220 valence electrons. The van der Waals surface area contributed by atoms with Gasteiger partial charge in [0, 0.05) is 46.9 Å². The van der Waals surface area contributed by atoms with E-state index in [0.717, 1.165) is 0 Å². The summed E-state index contributed by atoms with van der Waals surface area (Å²) in [4.78, 5) is 40.6. The van der Waals surface area contributed by atoms with Crippen LogP contribution in [0.2, 0.25) is 0 Å². The molecule has 42 heavy (non-hydrogen) atoms. The lowest BCUT2D eigenvalue weighted by Crippen LogP contribution is -2.41. The van der Waals surface area contributed by atoms with E-state index < -0.39 is 22.0 Å². The van der Waals surface area contributed by atoms with Gasteiger partial charge in [-0.2, -0.15) is 8.42 Å². The quantitative estimate of drug-likeness (QED) is 0.297. The number of rotatable bonds is 10. The van der Waals surface area contributed by atoms with Gasteiger partial charge in [0.2, 0.25) is 0 Å². The smallest absolute Gasteiger partial charge is 0.339 e. The van der Waals surface area contributed by atoms with Crippen LogP contribution in [0.15, 0.2) is 82.6 Å². The highest BCUT2D eigenvalue weighted by atomic mass is 32.2. The molecule has 0 fully saturated rings. The van der Waals surface area contributed by atoms with Gasteiger partial charge in [0.15, 0.2) is 23.1 Å². The number of carbonyl (C=O) groups is 3. The number of carbonyl (C=O) groups excluding carboxylic acids is 2. The Morgan fingerprint density at radius 3 is 2.19 bits per heavy atom. The third-order valence-corrected chi connectivity index (χ3v) is 8.99. The summed E-state index contributed by atoms with van der Waals surface area (Å²) < 4.78 is 38.1. The molecule has 2 aromatic carbocycles. The maximum atomic E-state index is 13.5. The normalized spacial score (nSPS) is 17.6. The van der Waals surface area contributed by atoms with E-state index in [1.165, 1.54) is 12.1 Å². The molecule has 1 N–H and O–H groups in total. The zero-order valence-corrected chi connectivity index (χ0v) is 24.2. The van der Waals surface area contributed by atoms with Crippen molar-refractivity contribution >= 4 is 27.7 Å². The molecule has 2 aliphatic carbocycles. The van der Waals surface area contributed by atoms with Crippen LogP contribution in [0.25, 0.3) is 0 Å². The number of Topliss-reactive ketones (excluding diaryl/α,β-unsaturated/α-hetero) is 2. The average Bonchev–Trinajstić information content (AvgIpc) is 2.96. The van der Waals surface area contributed by atoms with Gasteiger partial charge in [-0.1, -0.05) is 30.3 Å². The van der Waals surface area contributed by atoms with Crippen molar-refractivity contribution in [2.75, 3.05) is 13.2 Å². The predicted molar refractivity (Wildman–Crippen MR) is 155 cm³/mol. The van der Waals surface area contributed by atoms with Crippen LogP contribution in [0, 0.1) is 0 Å². The standard InChI is InChI=1S/C32H33NO8S/c1-3-10-20-17-21(18-27(40-4-2)32(20)41-42(38,39)22-11-6-5-7-12-22)29-30-23(13-8-15-25(30)34)33(19-28(36)37)24-14-9-16-26(35)31(24)29/h3,5-7,11-12,17-18,29H,1,4,8-10,13-16,19H2,2H3,(H,36,37). The second-order valence-corrected chi connectivity index (χ2v) is 12.0. The Hall–Kier alpha value is -4.18. The second kappa shape index (κ2) is 12.0. The third-order valence-electron chi connectivity index (χ3n) is 7.76. The van der Waals surface area contributed by atoms with Crippen molar-refractivity contribution in [1.82, 2.24) is 4.90 Å². The summed E-state index contributed by atoms with van der Waals surface area (Å²) >= 11 is 0. The van der Waals surface area contributed by atoms with Gasteiger partial charge in [0.25, 0.3) is 0 Å². The first-order chi connectivity index (χ1) is 20.2. The Morgan fingerprint density at radius 1 is 1.02 bits per heavy atom. The summed E-state index contributed by atoms with van der Waals surface area (Å²) in [6, 6.07) is 11.2. The van der Waals surface area contributed by atoms with Gasteiger partial charge < -0.3 is 18.9 Å². The van der Waals surface area contributed by atoms with Crippen molar-refractivity contribution in [2.24, 2.45) is 0 Å². The molecule has 0 radical (unpaired) electrons. The second-order valence-electron chi connectivity index (χ2n) is 10.5. The molecule has 10 heteroatoms. The van der Waals surface area contributed by atoms with Gasteiger partial charge in [-0.3, -0.25) is 14.4 Å². The Morgan fingerprint density at radius 2 is 1.64 bits per heavy atom. The Kier molecular flexibility index (Phi) is 8.36. The maximum absolute atomic E-state index is 13.5. The van der Waals surface area contributed by atoms with Crippen LogP contribution in [0.5, 0.6) is 11.5 Å². The van der Waals surface area contributed by atoms with Crippen molar-refractivity contribution in [3.05, 3.63) is 88.8 Å². The summed E-state index contributed by atoms with van der Waals surface area (Å²) in [6.45, 7) is 5.46. The number of aliphatic carboxylic acids is 1. The van der Waals surface area contributed by atoms with E-state index in [0.29, 0.717) is 72.2 Å². The van der Waals surface area contributed by atoms with E-state index in [9.17, 15) is 27.9 Å². The molecule has 0 unspecified atom stereocenters. The Labute approximate surface area is 245 Å². The predicted octanol–water partition coefficient (Wildman–Crippen LogP) is 5.08. The molecule has 3 aliphatic rings. The van der Waals surface area contributed by atoms with E-state index in [1.54, 1.807) is 48.2 Å². The molecule has 2 aromatic rings. The van der Waals surface area contributed by atoms with Crippen molar-refractivity contribution in [1.29, 1.82) is 0 Å². The van der Waals surface area contributed by atoms with Gasteiger partial charge in [-0.05, 0) is 62.8 Å². The molecule has 5 rings (SSSR count). The number of ketones is 2. The van der Waals surface area contributed by atoms with Crippen LogP contribution in [-0.2, 0) is 30.9 Å². The summed E-state index contributed by atoms with van der Waals surface area (Å²) in [6.07, 6.45) is 4.64. The minimum absolute atomic E-state index is 0.0148. The minimum atomic E-state index is -4.21. The average molecular weight is 592 g/mol. The fourth-order valence-electron chi connectivity index (χ4n) is 6.14. The van der Waals surface area contributed by atoms with E-state index in [1.807, 2.05) is 0 Å². The van der Waals surface area contributed by atoms with E-state index in [4.69, 9.17) is 8.92 Å². The monoisotopic (exact) mass is 591 g/mol. The number of nitrogens with zero attached hydrogens (tertiary/aromatic N) is 1. The molecule has 0 bridgehead atoms. The Balaban J connectivity index is 1.72. The number of hydrogen-bond acceptors (Lipinski definition) is 8. The molecule has 1 heterocycles. The molecule has 0 atom stereocenters. The summed E-state index contributed by atoms with van der Waals surface area (Å²) in [5, 5.41) is 9.71. The van der Waals surface area contributed by atoms with Crippen molar-refractivity contribution < 1.29 is 36.8 Å². The molecule has 0 amide bonds. The molecular formula is C32H33NO8S. The SMILES string of the molecule is C=CCc1cc(C2C3=C(CCCC3=O)N(CC(=O)O)C3=C2C(=O)CCC3)cc(OCC)c1OS(=O)(=O)c1ccccc1. The number of allylic oxidation sites excluding steroid dienone is 5. The lowest BCUT2D eigenvalue weighted by atomic mass is 9.70. The van der Waals surface area contributed by atoms with Crippen molar-refractivity contribution in [3.63, 3.8) is 0 Å². The number of hydrogen-bond donors (Lipinski definition) is 1. The molecule has 0 saturated heterocycles. The number of carboxylic acids is 1. The van der Waals surface area contributed by atoms with Crippen molar-refractivity contribution in [3.8, 4) is 11.5 Å². The van der Waals surface area contributed by atoms with Crippen LogP contribution in [0.3, 0.4) is 0 Å². The van der Waals surface area contributed by atoms with E-state index >= 15 is 0 Å². The summed E-state index contributed by atoms with van der Waals surface area (Å²) in [5.74, 6) is -1.86. The molecule has 1 aliphatic heterocycles. The first-order valence-electron chi connectivity index (χ1n) is 14.1. The molecule has 0 saturated carbocycles. The lowest BCUT2D eigenvalue weighted by Gasteiger charge is -2.43. The fraction of sp³-hybridized carbons (Fsp3) is 0.344. The molecule has 9 nitrogen and oxygen atoms in total. The molecular weight excluding hydrogens is 558 g/mol. The van der Waals surface area contributed by atoms with Gasteiger partial charge >= 0.3 is 16.1 Å². The number of ether oxygens (including phenoxy) is 1. The van der Waals surface area contributed by atoms with Crippen LogP contribution in [0.4, 0.5) is 0 Å². The zero-order valence-electron chi connectivity index (χ0n) is 23.4. The maximum Gasteiger partial charge on any atom is 0.339 e. The number of carboxylic acid groups (broad SMARTS) is 1. The summed E-state index contributed by atoms with van der Waals surface area (Å²) in [5.41, 5.74) is 3.18. The van der Waals surface area contributed by atoms with Gasteiger partial charge in [0.05, 0.1) is 6.61 Å². The minimum Gasteiger partial charge on any atom is -0.490 e. The van der Waals surface area contributed by atoms with E-state index in [-0.39, 0.29) is 47.5 Å². The van der Waals surface area contributed by atoms with Crippen LogP contribution < -0.4 is 8.92 Å². The largest absolute Gasteiger partial charge is 0.490 e. The highest BCUT2D eigenvalue weighted by Gasteiger charge is 2.44. The summed E-state index contributed by atoms with van der Waals surface area (Å²) in [7, 11) is -4.21. The Bertz CT molecular complexity index is 1580. The highest BCUT2D eigenvalue weighted by Crippen LogP contribution is 2.50. The number of benzene rings is 2. The first kappa shape index (κ1) is 29.3. The van der Waals surface area contributed by atoms with Gasteiger partial charge in [0.1, 0.15) is 11.4 Å². The molecule has 0 spiro atoms. The first-order valence-corrected chi connectivity index (χ1v) is 15.5. The van der Waals surface area contributed by atoms with Crippen LogP contribution in [0.1, 0.15) is 62.5 Å². The fourth-order valence-corrected chi connectivity index (χ4v) is 7.13. The zero-order chi connectivity index (χ0) is 30.0. The highest BCUT2D eigenvalue weighted by molar-refractivity contribution is 7.87. The lowest BCUT2D eigenvalue weighted by molar-refractivity contribution is -0.138. The van der Waals surface area contributed by atoms with E-state index in [2.05, 4.69) is 6.58 Å².